The van der Waals surface area contributed by atoms with Crippen molar-refractivity contribution in [2.75, 3.05) is 64.6 Å². The van der Waals surface area contributed by atoms with Gasteiger partial charge in [-0.2, -0.15) is 0 Å². The molecule has 0 aromatic heterocycles. The van der Waals surface area contributed by atoms with E-state index in [4.69, 9.17) is 4.74 Å². The number of nitrogens with zero attached hydrogens (tertiary/aromatic N) is 3. The van der Waals surface area contributed by atoms with Crippen molar-refractivity contribution in [1.29, 1.82) is 0 Å². The molecular weight excluding hydrogens is 491 g/mol. The third-order valence-electron chi connectivity index (χ3n) is 6.95. The number of carbonyl (C=O) groups excluding carboxylic acids is 1. The number of anilines is 2. The van der Waals surface area contributed by atoms with Crippen LogP contribution in [0.1, 0.15) is 36.8 Å². The van der Waals surface area contributed by atoms with Crippen LogP contribution >= 0.6 is 0 Å². The van der Waals surface area contributed by atoms with Gasteiger partial charge in [-0.25, -0.2) is 12.9 Å². The maximum absolute atomic E-state index is 14.9. The van der Waals surface area contributed by atoms with E-state index in [1.807, 2.05) is 26.0 Å². The summed E-state index contributed by atoms with van der Waals surface area (Å²) in [5.41, 5.74) is 2.77. The molecule has 1 saturated heterocycles. The summed E-state index contributed by atoms with van der Waals surface area (Å²) in [6, 6.07) is 8.60. The lowest BCUT2D eigenvalue weighted by molar-refractivity contribution is -0.116. The largest absolute Gasteiger partial charge is 0.497 e. The Hall–Kier alpha value is -2.49. The van der Waals surface area contributed by atoms with E-state index in [2.05, 4.69) is 29.2 Å². The number of hydrogen-bond acceptors (Lipinski definition) is 5. The van der Waals surface area contributed by atoms with E-state index >= 15 is 0 Å². The number of benzene rings is 2. The minimum absolute atomic E-state index is 0.139. The first-order chi connectivity index (χ1) is 17.6. The summed E-state index contributed by atoms with van der Waals surface area (Å²) in [7, 11) is 6.10. The maximum atomic E-state index is 14.9. The van der Waals surface area contributed by atoms with Gasteiger partial charge in [0.2, 0.25) is 5.91 Å². The Labute approximate surface area is 223 Å². The number of aryl methyl sites for hydroxylation is 2. The molecule has 37 heavy (non-hydrogen) atoms. The second-order valence-electron chi connectivity index (χ2n) is 10.2. The van der Waals surface area contributed by atoms with E-state index in [9.17, 15) is 13.4 Å². The molecule has 1 N–H and O–H groups in total. The zero-order valence-electron chi connectivity index (χ0n) is 23.0. The van der Waals surface area contributed by atoms with Crippen LogP contribution in [0.3, 0.4) is 0 Å². The first kappa shape index (κ1) is 29.1. The Bertz CT molecular complexity index is 1080. The van der Waals surface area contributed by atoms with Crippen molar-refractivity contribution in [1.82, 2.24) is 9.21 Å². The lowest BCUT2D eigenvalue weighted by Crippen LogP contribution is -2.35. The summed E-state index contributed by atoms with van der Waals surface area (Å²) in [6.07, 6.45) is 3.45. The zero-order valence-corrected chi connectivity index (χ0v) is 23.8. The molecule has 0 saturated carbocycles. The molecule has 3 rings (SSSR count). The van der Waals surface area contributed by atoms with E-state index in [1.54, 1.807) is 30.6 Å². The average molecular weight is 533 g/mol. The molecule has 2 aromatic rings. The second kappa shape index (κ2) is 13.3. The number of piperidine rings is 1. The van der Waals surface area contributed by atoms with Gasteiger partial charge in [0.15, 0.2) is 0 Å². The molecule has 204 valence electrons. The predicted molar refractivity (Wildman–Crippen MR) is 149 cm³/mol. The Morgan fingerprint density at radius 3 is 2.32 bits per heavy atom. The van der Waals surface area contributed by atoms with Crippen molar-refractivity contribution in [2.24, 2.45) is 5.92 Å². The van der Waals surface area contributed by atoms with Crippen LogP contribution in [-0.2, 0) is 15.8 Å². The lowest BCUT2D eigenvalue weighted by Gasteiger charge is -2.34. The summed E-state index contributed by atoms with van der Waals surface area (Å²) in [5.74, 6) is 0.833. The van der Waals surface area contributed by atoms with Crippen molar-refractivity contribution >= 4 is 28.3 Å². The highest BCUT2D eigenvalue weighted by molar-refractivity contribution is 7.82. The highest BCUT2D eigenvalue weighted by atomic mass is 32.2. The molecule has 2 aromatic carbocycles. The molecule has 7 nitrogen and oxygen atoms in total. The van der Waals surface area contributed by atoms with Crippen molar-refractivity contribution in [3.63, 3.8) is 0 Å². The first-order valence-electron chi connectivity index (χ1n) is 12.9. The molecule has 1 aliphatic heterocycles. The van der Waals surface area contributed by atoms with Crippen LogP contribution in [0, 0.1) is 25.6 Å². The Morgan fingerprint density at radius 2 is 1.76 bits per heavy atom. The molecule has 1 aliphatic rings. The second-order valence-corrected chi connectivity index (χ2v) is 11.7. The van der Waals surface area contributed by atoms with Gasteiger partial charge in [0.1, 0.15) is 22.6 Å². The highest BCUT2D eigenvalue weighted by Crippen LogP contribution is 2.29. The van der Waals surface area contributed by atoms with E-state index in [-0.39, 0.29) is 18.1 Å². The van der Waals surface area contributed by atoms with Crippen LogP contribution in [0.4, 0.5) is 15.8 Å². The van der Waals surface area contributed by atoms with Crippen LogP contribution in [-0.4, -0.2) is 73.8 Å². The van der Waals surface area contributed by atoms with Gasteiger partial charge >= 0.3 is 0 Å². The molecule has 1 atom stereocenters. The van der Waals surface area contributed by atoms with Crippen LogP contribution in [0.15, 0.2) is 35.2 Å². The van der Waals surface area contributed by atoms with Crippen LogP contribution in [0.25, 0.3) is 0 Å². The first-order valence-corrected chi connectivity index (χ1v) is 14.0. The number of ether oxygens (including phenoxy) is 1. The van der Waals surface area contributed by atoms with Gasteiger partial charge in [-0.15, -0.1) is 0 Å². The summed E-state index contributed by atoms with van der Waals surface area (Å²) >= 11 is 0. The molecule has 1 unspecified atom stereocenters. The van der Waals surface area contributed by atoms with E-state index in [0.717, 1.165) is 54.2 Å². The predicted octanol–water partition coefficient (Wildman–Crippen LogP) is 4.60. The quantitative estimate of drug-likeness (QED) is 0.458. The molecule has 0 bridgehead atoms. The molecule has 1 heterocycles. The molecule has 1 amide bonds. The number of hydrogen-bond donors (Lipinski definition) is 1. The average Bonchev–Trinajstić information content (AvgIpc) is 2.86. The normalized spacial score (nSPS) is 15.3. The van der Waals surface area contributed by atoms with Crippen LogP contribution in [0.5, 0.6) is 5.75 Å². The Balaban J connectivity index is 1.51. The minimum atomic E-state index is -1.41. The van der Waals surface area contributed by atoms with E-state index in [1.165, 1.54) is 12.5 Å². The number of methoxy groups -OCH3 is 1. The summed E-state index contributed by atoms with van der Waals surface area (Å²) in [6.45, 7) is 6.87. The van der Waals surface area contributed by atoms with Crippen molar-refractivity contribution in [3.05, 3.63) is 47.3 Å². The van der Waals surface area contributed by atoms with Crippen molar-refractivity contribution < 1.29 is 18.1 Å². The highest BCUT2D eigenvalue weighted by Gasteiger charge is 2.22. The van der Waals surface area contributed by atoms with Crippen molar-refractivity contribution in [2.45, 2.75) is 44.4 Å². The smallest absolute Gasteiger partial charge is 0.225 e. The van der Waals surface area contributed by atoms with Gasteiger partial charge < -0.3 is 19.9 Å². The van der Waals surface area contributed by atoms with Gasteiger partial charge in [0, 0.05) is 38.8 Å². The molecule has 0 radical (unpaired) electrons. The molecule has 9 heteroatoms. The molecule has 0 aliphatic carbocycles. The van der Waals surface area contributed by atoms with Gasteiger partial charge in [-0.3, -0.25) is 4.79 Å². The van der Waals surface area contributed by atoms with Gasteiger partial charge in [-0.1, -0.05) is 0 Å². The lowest BCUT2D eigenvalue weighted by atomic mass is 9.93. The summed E-state index contributed by atoms with van der Waals surface area (Å²) in [4.78, 5) is 17.6. The molecular formula is C28H41FN4O3S. The Kier molecular flexibility index (Phi) is 10.5. The Morgan fingerprint density at radius 1 is 1.11 bits per heavy atom. The number of amides is 1. The zero-order chi connectivity index (χ0) is 27.1. The minimum Gasteiger partial charge on any atom is -0.497 e. The fraction of sp³-hybridized carbons (Fsp3) is 0.536. The number of nitrogens with one attached hydrogen (secondary N) is 1. The summed E-state index contributed by atoms with van der Waals surface area (Å²) in [5, 5.41) is 2.77. The fourth-order valence-corrected chi connectivity index (χ4v) is 6.01. The van der Waals surface area contributed by atoms with Gasteiger partial charge in [0.05, 0.1) is 17.7 Å². The molecule has 1 fully saturated rings. The number of halogens is 1. The van der Waals surface area contributed by atoms with Crippen LogP contribution < -0.4 is 15.0 Å². The van der Waals surface area contributed by atoms with Crippen LogP contribution in [0.2, 0.25) is 0 Å². The van der Waals surface area contributed by atoms with Gasteiger partial charge in [0.25, 0.3) is 0 Å². The number of carbonyl (C=O) groups is 1. The topological polar surface area (TPSA) is 65.1 Å². The fourth-order valence-electron chi connectivity index (χ4n) is 4.77. The summed E-state index contributed by atoms with van der Waals surface area (Å²) < 4.78 is 34.9. The standard InChI is InChI=1S/C28H41FN4O3S/c1-20-17-24(36-6)18-21(2)28(20)37(35)32(5)14-12-27(34)30-23-7-8-26(25(29)19-23)33-15-10-22(11-16-33)9-13-31(3)4/h7-8,17-19,22H,9-16H2,1-6H3,(H,30,34). The third-order valence-corrected chi connectivity index (χ3v) is 8.69. The monoisotopic (exact) mass is 532 g/mol. The SMILES string of the molecule is COc1cc(C)c(S(=O)N(C)CCC(=O)Nc2ccc(N3CCC(CCN(C)C)CC3)c(F)c2)c(C)c1. The van der Waals surface area contributed by atoms with E-state index in [0.29, 0.717) is 23.8 Å². The van der Waals surface area contributed by atoms with E-state index < -0.39 is 11.0 Å². The third kappa shape index (κ3) is 7.99. The van der Waals surface area contributed by atoms with Crippen molar-refractivity contribution in [3.8, 4) is 5.75 Å². The maximum Gasteiger partial charge on any atom is 0.225 e. The number of rotatable bonds is 11. The molecule has 0 spiro atoms. The van der Waals surface area contributed by atoms with Gasteiger partial charge in [-0.05, 0) is 101 Å².